The third-order valence-corrected chi connectivity index (χ3v) is 9.19. The normalized spacial score (nSPS) is 44.1. The number of aliphatic hydroxyl groups is 3. The highest BCUT2D eigenvalue weighted by Crippen LogP contribution is 2.69. The van der Waals surface area contributed by atoms with Gasteiger partial charge in [-0.3, -0.25) is 19.2 Å². The number of allylic oxidation sites excluding steroid dienone is 4. The summed E-state index contributed by atoms with van der Waals surface area (Å²) in [4.78, 5) is 47.4. The van der Waals surface area contributed by atoms with Crippen LogP contribution in [-0.2, 0) is 23.9 Å². The first-order chi connectivity index (χ1) is 16.2. The van der Waals surface area contributed by atoms with Crippen molar-refractivity contribution >= 4 is 23.5 Å². The third-order valence-electron chi connectivity index (χ3n) is 9.19. The number of halogens is 1. The number of rotatable bonds is 6. The van der Waals surface area contributed by atoms with Crippen LogP contribution >= 0.6 is 0 Å². The molecule has 35 heavy (non-hydrogen) atoms. The fourth-order valence-electron chi connectivity index (χ4n) is 7.27. The Balaban J connectivity index is 1.62. The van der Waals surface area contributed by atoms with Crippen LogP contribution in [0.3, 0.4) is 0 Å². The van der Waals surface area contributed by atoms with Crippen LogP contribution in [0.2, 0.25) is 0 Å². The van der Waals surface area contributed by atoms with Crippen LogP contribution in [0.5, 0.6) is 0 Å². The zero-order valence-electron chi connectivity index (χ0n) is 19.7. The Hall–Kier alpha value is -2.43. The Morgan fingerprint density at radius 1 is 1.14 bits per heavy atom. The van der Waals surface area contributed by atoms with Crippen LogP contribution in [0.1, 0.15) is 52.4 Å². The maximum absolute atomic E-state index is 17.0. The van der Waals surface area contributed by atoms with E-state index in [0.29, 0.717) is 12.0 Å². The van der Waals surface area contributed by atoms with Gasteiger partial charge in [0.1, 0.15) is 0 Å². The molecule has 3 fully saturated rings. The lowest BCUT2D eigenvalue weighted by Gasteiger charge is -2.62. The molecule has 0 radical (unpaired) electrons. The zero-order chi connectivity index (χ0) is 26.0. The number of hydrogen-bond acceptors (Lipinski definition) is 8. The summed E-state index contributed by atoms with van der Waals surface area (Å²) in [7, 11) is 0. The molecule has 0 aromatic carbocycles. The van der Waals surface area contributed by atoms with Crippen molar-refractivity contribution in [3.8, 4) is 0 Å². The molecule has 8 atom stereocenters. The Kier molecular flexibility index (Phi) is 6.09. The van der Waals surface area contributed by atoms with Gasteiger partial charge in [-0.25, -0.2) is 4.39 Å². The number of esters is 1. The van der Waals surface area contributed by atoms with Gasteiger partial charge in [0, 0.05) is 16.7 Å². The van der Waals surface area contributed by atoms with Crippen LogP contribution in [0.15, 0.2) is 23.8 Å². The highest BCUT2D eigenvalue weighted by Gasteiger charge is 2.76. The minimum absolute atomic E-state index is 0.0907. The van der Waals surface area contributed by atoms with Crippen molar-refractivity contribution in [1.29, 1.82) is 0 Å². The molecule has 0 aromatic rings. The fourth-order valence-corrected chi connectivity index (χ4v) is 7.27. The van der Waals surface area contributed by atoms with E-state index in [0.717, 1.165) is 0 Å². The predicted molar refractivity (Wildman–Crippen MR) is 118 cm³/mol. The maximum atomic E-state index is 17.0. The summed E-state index contributed by atoms with van der Waals surface area (Å²) >= 11 is 0. The predicted octanol–water partition coefficient (Wildman–Crippen LogP) is 1.04. The van der Waals surface area contributed by atoms with Gasteiger partial charge in [0.2, 0.25) is 5.78 Å². The first-order valence-electron chi connectivity index (χ1n) is 11.8. The van der Waals surface area contributed by atoms with Gasteiger partial charge < -0.3 is 25.2 Å². The van der Waals surface area contributed by atoms with Gasteiger partial charge in [-0.1, -0.05) is 18.6 Å². The summed E-state index contributed by atoms with van der Waals surface area (Å²) in [5.74, 6) is -4.87. The molecule has 0 spiro atoms. The van der Waals surface area contributed by atoms with Gasteiger partial charge in [-0.2, -0.15) is 0 Å². The summed E-state index contributed by atoms with van der Waals surface area (Å²) in [6.45, 7) is 2.29. The Morgan fingerprint density at radius 3 is 2.49 bits per heavy atom. The highest BCUT2D eigenvalue weighted by molar-refractivity contribution is 6.01. The standard InChI is InChI=1S/C25H31FO9/c1-22-8-7-14(27)9-13(22)3-4-15-16-10-17(28)25(34,23(16,2)11-18(29)24(15,22)26)19(30)12-35-21(33)6-5-20(31)32/h7-9,15-18,28-29,34H,3-6,10-12H2,1-2H3,(H,31,32)/t15-,16-,17?,18?,22-,23-,24-,25-/m0/s1. The van der Waals surface area contributed by atoms with Gasteiger partial charge in [-0.05, 0) is 50.7 Å². The van der Waals surface area contributed by atoms with E-state index < -0.39 is 83.3 Å². The average molecular weight is 495 g/mol. The summed E-state index contributed by atoms with van der Waals surface area (Å²) in [6.07, 6.45) is 0.282. The second kappa shape index (κ2) is 8.31. The number of carboxylic acid groups (broad SMARTS) is 1. The number of alkyl halides is 1. The number of carbonyl (C=O) groups is 4. The van der Waals surface area contributed by atoms with Crippen LogP contribution < -0.4 is 0 Å². The van der Waals surface area contributed by atoms with Crippen molar-refractivity contribution in [3.05, 3.63) is 23.8 Å². The molecule has 0 bridgehead atoms. The van der Waals surface area contributed by atoms with E-state index in [1.165, 1.54) is 25.2 Å². The van der Waals surface area contributed by atoms with Gasteiger partial charge in [0.15, 0.2) is 23.7 Å². The highest BCUT2D eigenvalue weighted by atomic mass is 19.1. The van der Waals surface area contributed by atoms with Crippen LogP contribution in [-0.4, -0.2) is 74.0 Å². The summed E-state index contributed by atoms with van der Waals surface area (Å²) in [5.41, 5.74) is -6.66. The lowest BCUT2D eigenvalue weighted by molar-refractivity contribution is -0.222. The smallest absolute Gasteiger partial charge is 0.306 e. The summed E-state index contributed by atoms with van der Waals surface area (Å²) in [6, 6.07) is 0. The van der Waals surface area contributed by atoms with Crippen molar-refractivity contribution in [2.45, 2.75) is 75.9 Å². The quantitative estimate of drug-likeness (QED) is 0.396. The number of carbonyl (C=O) groups excluding carboxylic acids is 3. The number of ketones is 2. The van der Waals surface area contributed by atoms with Gasteiger partial charge in [-0.15, -0.1) is 0 Å². The Morgan fingerprint density at radius 2 is 1.83 bits per heavy atom. The molecule has 192 valence electrons. The maximum Gasteiger partial charge on any atom is 0.306 e. The Bertz CT molecular complexity index is 1040. The van der Waals surface area contributed by atoms with Crippen molar-refractivity contribution in [2.75, 3.05) is 6.61 Å². The number of aliphatic hydroxyl groups excluding tert-OH is 2. The fraction of sp³-hybridized carbons (Fsp3) is 0.680. The number of fused-ring (bicyclic) bond motifs is 5. The number of Topliss-reactive ketones (excluding diaryl/α,β-unsaturated/α-hetero) is 1. The zero-order valence-corrected chi connectivity index (χ0v) is 19.7. The second-order valence-corrected chi connectivity index (χ2v) is 10.8. The van der Waals surface area contributed by atoms with Gasteiger partial charge in [0.25, 0.3) is 0 Å². The molecule has 10 heteroatoms. The molecule has 0 saturated heterocycles. The van der Waals surface area contributed by atoms with Crippen molar-refractivity contribution < 1.29 is 48.7 Å². The topological polar surface area (TPSA) is 158 Å². The molecule has 9 nitrogen and oxygen atoms in total. The first kappa shape index (κ1) is 25.7. The van der Waals surface area contributed by atoms with E-state index >= 15 is 4.39 Å². The Labute approximate surface area is 201 Å². The third kappa shape index (κ3) is 3.44. The summed E-state index contributed by atoms with van der Waals surface area (Å²) in [5, 5.41) is 42.3. The monoisotopic (exact) mass is 494 g/mol. The van der Waals surface area contributed by atoms with Crippen LogP contribution in [0.25, 0.3) is 0 Å². The molecule has 4 aliphatic carbocycles. The molecule has 0 aliphatic heterocycles. The number of hydrogen-bond donors (Lipinski definition) is 4. The number of aliphatic carboxylic acids is 1. The minimum atomic E-state index is -2.40. The molecule has 3 saturated carbocycles. The van der Waals surface area contributed by atoms with Crippen LogP contribution in [0, 0.1) is 22.7 Å². The molecule has 4 N–H and O–H groups in total. The van der Waals surface area contributed by atoms with Crippen molar-refractivity contribution in [2.24, 2.45) is 22.7 Å². The molecule has 0 amide bonds. The molecule has 0 heterocycles. The molecular formula is C25H31FO9. The van der Waals surface area contributed by atoms with E-state index in [4.69, 9.17) is 9.84 Å². The molecule has 4 aliphatic rings. The molecular weight excluding hydrogens is 463 g/mol. The largest absolute Gasteiger partial charge is 0.481 e. The minimum Gasteiger partial charge on any atom is -0.481 e. The van der Waals surface area contributed by atoms with E-state index in [-0.39, 0.29) is 25.0 Å². The number of ether oxygens (including phenoxy) is 1. The van der Waals surface area contributed by atoms with Gasteiger partial charge in [0.05, 0.1) is 25.0 Å². The lowest BCUT2D eigenvalue weighted by atomic mass is 9.44. The van der Waals surface area contributed by atoms with Crippen molar-refractivity contribution in [1.82, 2.24) is 0 Å². The van der Waals surface area contributed by atoms with Crippen LogP contribution in [0.4, 0.5) is 4.39 Å². The average Bonchev–Trinajstić information content (AvgIpc) is 2.99. The first-order valence-corrected chi connectivity index (χ1v) is 11.8. The second-order valence-electron chi connectivity index (χ2n) is 10.8. The van der Waals surface area contributed by atoms with Gasteiger partial charge >= 0.3 is 11.9 Å². The number of carboxylic acids is 1. The molecule has 0 aromatic heterocycles. The van der Waals surface area contributed by atoms with E-state index in [1.54, 1.807) is 6.92 Å². The SMILES string of the molecule is C[C@]12C=CC(=O)C=C1CC[C@H]1[C@@H]3CC(O)[C@](O)(C(=O)COC(=O)CCC(=O)O)[C@@]3(C)CC(O)[C@@]12F. The van der Waals surface area contributed by atoms with E-state index in [1.807, 2.05) is 0 Å². The summed E-state index contributed by atoms with van der Waals surface area (Å²) < 4.78 is 21.9. The molecule has 2 unspecified atom stereocenters. The molecule has 4 rings (SSSR count). The lowest BCUT2D eigenvalue weighted by Crippen LogP contribution is -2.69. The van der Waals surface area contributed by atoms with Crippen molar-refractivity contribution in [3.63, 3.8) is 0 Å². The van der Waals surface area contributed by atoms with E-state index in [9.17, 15) is 34.5 Å². The van der Waals surface area contributed by atoms with E-state index in [2.05, 4.69) is 0 Å².